The van der Waals surface area contributed by atoms with Crippen LogP contribution in [0, 0.1) is 0 Å². The third kappa shape index (κ3) is 3.75. The van der Waals surface area contributed by atoms with Crippen LogP contribution >= 0.6 is 11.3 Å². The molecule has 0 saturated carbocycles. The van der Waals surface area contributed by atoms with Crippen molar-refractivity contribution in [1.29, 1.82) is 0 Å². The largest absolute Gasteiger partial charge is 0.345 e. The van der Waals surface area contributed by atoms with Crippen LogP contribution in [0.2, 0.25) is 0 Å². The van der Waals surface area contributed by atoms with E-state index < -0.39 is 0 Å². The van der Waals surface area contributed by atoms with E-state index in [2.05, 4.69) is 15.4 Å². The molecule has 3 rings (SSSR count). The van der Waals surface area contributed by atoms with E-state index in [0.717, 1.165) is 23.8 Å². The van der Waals surface area contributed by atoms with Gasteiger partial charge in [-0.2, -0.15) is 0 Å². The minimum atomic E-state index is -0.185. The quantitative estimate of drug-likeness (QED) is 0.877. The van der Waals surface area contributed by atoms with E-state index in [9.17, 15) is 4.79 Å². The molecule has 1 aliphatic heterocycles. The second-order valence-corrected chi connectivity index (χ2v) is 5.84. The zero-order chi connectivity index (χ0) is 15.2. The van der Waals surface area contributed by atoms with Gasteiger partial charge in [0.1, 0.15) is 0 Å². The van der Waals surface area contributed by atoms with Crippen molar-refractivity contribution in [3.8, 4) is 0 Å². The number of carbonyl (C=O) groups is 1. The number of amides is 2. The summed E-state index contributed by atoms with van der Waals surface area (Å²) < 4.78 is 0. The normalized spacial score (nSPS) is 14.9. The molecule has 1 aromatic carbocycles. The number of aromatic nitrogens is 1. The number of hydrogen-bond acceptors (Lipinski definition) is 5. The molecule has 0 radical (unpaired) electrons. The number of carbonyl (C=O) groups excluding carboxylic acids is 1. The topological polar surface area (TPSA) is 57.7 Å². The van der Waals surface area contributed by atoms with E-state index in [1.54, 1.807) is 22.4 Å². The summed E-state index contributed by atoms with van der Waals surface area (Å²) >= 11 is 1.62. The molecule has 1 fully saturated rings. The second kappa shape index (κ2) is 7.24. The molecule has 1 saturated heterocycles. The van der Waals surface area contributed by atoms with E-state index in [0.29, 0.717) is 19.7 Å². The van der Waals surface area contributed by atoms with Crippen LogP contribution in [-0.2, 0) is 11.4 Å². The first-order valence-corrected chi connectivity index (χ1v) is 8.06. The van der Waals surface area contributed by atoms with Crippen molar-refractivity contribution < 1.29 is 9.63 Å². The fraction of sp³-hybridized carbons (Fsp3) is 0.333. The molecule has 0 spiro atoms. The van der Waals surface area contributed by atoms with Gasteiger partial charge in [0.05, 0.1) is 6.61 Å². The first kappa shape index (κ1) is 14.8. The minimum absolute atomic E-state index is 0.185. The van der Waals surface area contributed by atoms with Gasteiger partial charge in [-0.3, -0.25) is 4.84 Å². The molecule has 0 atom stereocenters. The lowest BCUT2D eigenvalue weighted by Crippen LogP contribution is -2.51. The van der Waals surface area contributed by atoms with Crippen molar-refractivity contribution in [3.63, 3.8) is 0 Å². The maximum atomic E-state index is 12.0. The molecule has 2 amide bonds. The van der Waals surface area contributed by atoms with Crippen molar-refractivity contribution in [1.82, 2.24) is 15.4 Å². The van der Waals surface area contributed by atoms with Gasteiger partial charge in [-0.05, 0) is 5.56 Å². The Labute approximate surface area is 133 Å². The maximum Gasteiger partial charge on any atom is 0.341 e. The highest BCUT2D eigenvalue weighted by molar-refractivity contribution is 7.13. The number of nitrogens with one attached hydrogen (secondary N) is 1. The Balaban J connectivity index is 1.40. The van der Waals surface area contributed by atoms with Crippen molar-refractivity contribution >= 4 is 22.5 Å². The Kier molecular flexibility index (Phi) is 4.87. The van der Waals surface area contributed by atoms with Crippen molar-refractivity contribution in [2.24, 2.45) is 0 Å². The van der Waals surface area contributed by atoms with Gasteiger partial charge >= 0.3 is 6.03 Å². The molecule has 0 unspecified atom stereocenters. The molecule has 1 aromatic heterocycles. The lowest BCUT2D eigenvalue weighted by molar-refractivity contribution is 0.0359. The summed E-state index contributed by atoms with van der Waals surface area (Å²) in [4.78, 5) is 25.6. The molecule has 7 heteroatoms. The van der Waals surface area contributed by atoms with Crippen LogP contribution in [0.4, 0.5) is 9.93 Å². The van der Waals surface area contributed by atoms with Crippen LogP contribution in [0.25, 0.3) is 0 Å². The molecule has 6 nitrogen and oxygen atoms in total. The van der Waals surface area contributed by atoms with Crippen molar-refractivity contribution in [2.45, 2.75) is 6.61 Å². The number of hydrogen-bond donors (Lipinski definition) is 1. The van der Waals surface area contributed by atoms with Crippen molar-refractivity contribution in [3.05, 3.63) is 47.5 Å². The Morgan fingerprint density at radius 1 is 1.23 bits per heavy atom. The third-order valence-electron chi connectivity index (χ3n) is 3.50. The standard InChI is InChI=1S/C15H18N4O2S/c20-14(17-21-12-13-4-2-1-3-5-13)18-7-9-19(10-8-18)15-16-6-11-22-15/h1-6,11H,7-10,12H2,(H,17,20). The summed E-state index contributed by atoms with van der Waals surface area (Å²) in [5.41, 5.74) is 3.53. The predicted molar refractivity (Wildman–Crippen MR) is 85.7 cm³/mol. The van der Waals surface area contributed by atoms with Crippen LogP contribution in [0.5, 0.6) is 0 Å². The van der Waals surface area contributed by atoms with Gasteiger partial charge < -0.3 is 9.80 Å². The zero-order valence-corrected chi connectivity index (χ0v) is 13.0. The van der Waals surface area contributed by atoms with Gasteiger partial charge in [-0.1, -0.05) is 30.3 Å². The fourth-order valence-electron chi connectivity index (χ4n) is 2.29. The fourth-order valence-corrected chi connectivity index (χ4v) is 2.99. The molecular formula is C15H18N4O2S. The number of rotatable bonds is 4. The number of urea groups is 1. The van der Waals surface area contributed by atoms with Crippen LogP contribution in [0.3, 0.4) is 0 Å². The summed E-state index contributed by atoms with van der Waals surface area (Å²) in [6, 6.07) is 9.56. The number of hydroxylamine groups is 1. The van der Waals surface area contributed by atoms with E-state index in [1.807, 2.05) is 35.7 Å². The highest BCUT2D eigenvalue weighted by Gasteiger charge is 2.22. The number of benzene rings is 1. The minimum Gasteiger partial charge on any atom is -0.345 e. The van der Waals surface area contributed by atoms with E-state index in [-0.39, 0.29) is 6.03 Å². The summed E-state index contributed by atoms with van der Waals surface area (Å²) in [7, 11) is 0. The van der Waals surface area contributed by atoms with Gasteiger partial charge in [0.15, 0.2) is 5.13 Å². The molecule has 22 heavy (non-hydrogen) atoms. The summed E-state index contributed by atoms with van der Waals surface area (Å²) in [6.45, 7) is 3.28. The molecule has 2 heterocycles. The van der Waals surface area contributed by atoms with Gasteiger partial charge in [0, 0.05) is 37.8 Å². The Hall–Kier alpha value is -2.12. The molecule has 0 aliphatic carbocycles. The molecule has 0 bridgehead atoms. The van der Waals surface area contributed by atoms with Crippen LogP contribution < -0.4 is 10.4 Å². The van der Waals surface area contributed by atoms with Gasteiger partial charge in [0.2, 0.25) is 0 Å². The van der Waals surface area contributed by atoms with Gasteiger partial charge in [-0.25, -0.2) is 15.3 Å². The average Bonchev–Trinajstić information content (AvgIpc) is 3.10. The molecule has 1 aliphatic rings. The molecular weight excluding hydrogens is 300 g/mol. The predicted octanol–water partition coefficient (Wildman–Crippen LogP) is 2.11. The third-order valence-corrected chi connectivity index (χ3v) is 4.33. The summed E-state index contributed by atoms with van der Waals surface area (Å²) in [6.07, 6.45) is 1.80. The summed E-state index contributed by atoms with van der Waals surface area (Å²) in [5, 5.41) is 2.98. The smallest absolute Gasteiger partial charge is 0.341 e. The van der Waals surface area contributed by atoms with E-state index in [1.165, 1.54) is 0 Å². The monoisotopic (exact) mass is 318 g/mol. The average molecular weight is 318 g/mol. The SMILES string of the molecule is O=C(NOCc1ccccc1)N1CCN(c2nccs2)CC1. The number of piperazine rings is 1. The van der Waals surface area contributed by atoms with Crippen molar-refractivity contribution in [2.75, 3.05) is 31.1 Å². The van der Waals surface area contributed by atoms with E-state index >= 15 is 0 Å². The van der Waals surface area contributed by atoms with Crippen LogP contribution in [0.15, 0.2) is 41.9 Å². The second-order valence-electron chi connectivity index (χ2n) is 4.97. The molecule has 2 aromatic rings. The highest BCUT2D eigenvalue weighted by Crippen LogP contribution is 2.18. The first-order valence-electron chi connectivity index (χ1n) is 7.18. The summed E-state index contributed by atoms with van der Waals surface area (Å²) in [5.74, 6) is 0. The lowest BCUT2D eigenvalue weighted by atomic mass is 10.2. The first-order chi connectivity index (χ1) is 10.8. The van der Waals surface area contributed by atoms with Crippen LogP contribution in [-0.4, -0.2) is 42.1 Å². The molecule has 116 valence electrons. The van der Waals surface area contributed by atoms with E-state index in [4.69, 9.17) is 4.84 Å². The van der Waals surface area contributed by atoms with Crippen LogP contribution in [0.1, 0.15) is 5.56 Å². The highest BCUT2D eigenvalue weighted by atomic mass is 32.1. The number of anilines is 1. The maximum absolute atomic E-state index is 12.0. The Morgan fingerprint density at radius 2 is 2.00 bits per heavy atom. The Morgan fingerprint density at radius 3 is 2.68 bits per heavy atom. The number of nitrogens with zero attached hydrogens (tertiary/aromatic N) is 3. The van der Waals surface area contributed by atoms with Gasteiger partial charge in [-0.15, -0.1) is 11.3 Å². The van der Waals surface area contributed by atoms with Gasteiger partial charge in [0.25, 0.3) is 0 Å². The lowest BCUT2D eigenvalue weighted by Gasteiger charge is -2.34. The number of thiazole rings is 1. The zero-order valence-electron chi connectivity index (χ0n) is 12.1. The molecule has 1 N–H and O–H groups in total. The Bertz CT molecular complexity index is 583.